The number of nitrogens with one attached hydrogen (secondary N) is 2. The molecule has 2 aromatic carbocycles. The Balaban J connectivity index is 2.05. The third-order valence-electron chi connectivity index (χ3n) is 2.79. The van der Waals surface area contributed by atoms with Crippen LogP contribution in [0.2, 0.25) is 5.02 Å². The average molecular weight is 402 g/mol. The molecule has 0 bridgehead atoms. The molecule has 0 spiro atoms. The average Bonchev–Trinajstić information content (AvgIpc) is 2.72. The van der Waals surface area contributed by atoms with Crippen molar-refractivity contribution in [2.75, 3.05) is 11.1 Å². The van der Waals surface area contributed by atoms with E-state index in [1.54, 1.807) is 12.1 Å². The standard InChI is InChI=1S/C13H9ClIN3O2/c14-7-3-6(15)1-2-9(7)17-10-5-11-12(4-8(10)16)20-13(19)18-11/h1-5,17H,16H2,(H,18,19). The van der Waals surface area contributed by atoms with Gasteiger partial charge < -0.3 is 15.5 Å². The lowest BCUT2D eigenvalue weighted by atomic mass is 10.2. The number of anilines is 3. The molecular formula is C13H9ClIN3O2. The Labute approximate surface area is 132 Å². The summed E-state index contributed by atoms with van der Waals surface area (Å²) in [5, 5.41) is 3.74. The molecule has 3 rings (SSSR count). The Morgan fingerprint density at radius 3 is 2.80 bits per heavy atom. The number of nitrogens with two attached hydrogens (primary N) is 1. The lowest BCUT2D eigenvalue weighted by Gasteiger charge is -2.11. The maximum atomic E-state index is 11.2. The van der Waals surface area contributed by atoms with Gasteiger partial charge in [0.2, 0.25) is 0 Å². The number of halogens is 2. The quantitative estimate of drug-likeness (QED) is 0.451. The van der Waals surface area contributed by atoms with Crippen molar-refractivity contribution in [3.8, 4) is 0 Å². The molecule has 4 N–H and O–H groups in total. The Morgan fingerprint density at radius 2 is 2.05 bits per heavy atom. The van der Waals surface area contributed by atoms with Crippen LogP contribution in [0.1, 0.15) is 0 Å². The Hall–Kier alpha value is -1.67. The Bertz CT molecular complexity index is 856. The molecular weight excluding hydrogens is 393 g/mol. The molecule has 0 saturated carbocycles. The van der Waals surface area contributed by atoms with Gasteiger partial charge in [0.15, 0.2) is 5.58 Å². The smallest absolute Gasteiger partial charge is 0.408 e. The predicted octanol–water partition coefficient (Wildman–Crippen LogP) is 3.70. The van der Waals surface area contributed by atoms with E-state index in [1.807, 2.05) is 18.2 Å². The van der Waals surface area contributed by atoms with Crippen LogP contribution >= 0.6 is 34.2 Å². The molecule has 102 valence electrons. The lowest BCUT2D eigenvalue weighted by Crippen LogP contribution is -1.97. The molecule has 0 radical (unpaired) electrons. The van der Waals surface area contributed by atoms with E-state index in [4.69, 9.17) is 21.8 Å². The zero-order chi connectivity index (χ0) is 14.3. The van der Waals surface area contributed by atoms with E-state index in [1.165, 1.54) is 0 Å². The van der Waals surface area contributed by atoms with Gasteiger partial charge in [0.25, 0.3) is 0 Å². The second-order valence-corrected chi connectivity index (χ2v) is 5.85. The second-order valence-electron chi connectivity index (χ2n) is 4.20. The van der Waals surface area contributed by atoms with Crippen molar-refractivity contribution in [2.24, 2.45) is 0 Å². The van der Waals surface area contributed by atoms with Gasteiger partial charge in [0, 0.05) is 9.64 Å². The van der Waals surface area contributed by atoms with Crippen LogP contribution < -0.4 is 16.8 Å². The number of fused-ring (bicyclic) bond motifs is 1. The molecule has 7 heteroatoms. The molecule has 1 heterocycles. The van der Waals surface area contributed by atoms with E-state index >= 15 is 0 Å². The summed E-state index contributed by atoms with van der Waals surface area (Å²) in [5.74, 6) is -0.510. The van der Waals surface area contributed by atoms with E-state index in [9.17, 15) is 4.79 Å². The van der Waals surface area contributed by atoms with Crippen LogP contribution in [-0.2, 0) is 0 Å². The zero-order valence-corrected chi connectivity index (χ0v) is 12.9. The van der Waals surface area contributed by atoms with Crippen molar-refractivity contribution in [1.29, 1.82) is 0 Å². The second kappa shape index (κ2) is 5.02. The van der Waals surface area contributed by atoms with E-state index < -0.39 is 5.76 Å². The van der Waals surface area contributed by atoms with E-state index in [-0.39, 0.29) is 0 Å². The van der Waals surface area contributed by atoms with E-state index in [0.29, 0.717) is 27.5 Å². The minimum atomic E-state index is -0.510. The number of nitrogen functional groups attached to an aromatic ring is 1. The summed E-state index contributed by atoms with van der Waals surface area (Å²) in [6.07, 6.45) is 0. The number of H-pyrrole nitrogens is 1. The van der Waals surface area contributed by atoms with E-state index in [0.717, 1.165) is 9.26 Å². The highest BCUT2D eigenvalue weighted by Crippen LogP contribution is 2.31. The fourth-order valence-electron chi connectivity index (χ4n) is 1.86. The summed E-state index contributed by atoms with van der Waals surface area (Å²) < 4.78 is 5.99. The number of aromatic nitrogens is 1. The normalized spacial score (nSPS) is 10.9. The molecule has 0 aliphatic rings. The van der Waals surface area contributed by atoms with Gasteiger partial charge >= 0.3 is 5.76 Å². The molecule has 1 aromatic heterocycles. The zero-order valence-electron chi connectivity index (χ0n) is 10.0. The van der Waals surface area contributed by atoms with Crippen molar-refractivity contribution in [3.05, 3.63) is 49.5 Å². The largest absolute Gasteiger partial charge is 0.417 e. The summed E-state index contributed by atoms with van der Waals surface area (Å²) in [6.45, 7) is 0. The minimum Gasteiger partial charge on any atom is -0.408 e. The van der Waals surface area contributed by atoms with Gasteiger partial charge in [-0.25, -0.2) is 4.79 Å². The van der Waals surface area contributed by atoms with Gasteiger partial charge in [-0.1, -0.05) is 11.6 Å². The van der Waals surface area contributed by atoms with E-state index in [2.05, 4.69) is 32.9 Å². The molecule has 0 unspecified atom stereocenters. The highest BCUT2D eigenvalue weighted by Gasteiger charge is 2.08. The number of benzene rings is 2. The molecule has 0 amide bonds. The monoisotopic (exact) mass is 401 g/mol. The first-order chi connectivity index (χ1) is 9.52. The summed E-state index contributed by atoms with van der Waals surface area (Å²) >= 11 is 8.35. The van der Waals surface area contributed by atoms with Crippen LogP contribution in [0.3, 0.4) is 0 Å². The number of hydrogen-bond acceptors (Lipinski definition) is 4. The van der Waals surface area contributed by atoms with Gasteiger partial charge in [-0.05, 0) is 46.9 Å². The van der Waals surface area contributed by atoms with Crippen LogP contribution in [-0.4, -0.2) is 4.98 Å². The first-order valence-electron chi connectivity index (χ1n) is 5.67. The molecule has 0 fully saturated rings. The highest BCUT2D eigenvalue weighted by atomic mass is 127. The fourth-order valence-corrected chi connectivity index (χ4v) is 2.76. The molecule has 0 saturated heterocycles. The molecule has 3 aromatic rings. The third-order valence-corrected chi connectivity index (χ3v) is 3.78. The van der Waals surface area contributed by atoms with Gasteiger partial charge in [-0.3, -0.25) is 4.98 Å². The third kappa shape index (κ3) is 2.48. The molecule has 0 atom stereocenters. The van der Waals surface area contributed by atoms with Crippen LogP contribution in [0, 0.1) is 3.57 Å². The lowest BCUT2D eigenvalue weighted by molar-refractivity contribution is 0.555. The van der Waals surface area contributed by atoms with Crippen molar-refractivity contribution in [1.82, 2.24) is 4.98 Å². The number of rotatable bonds is 2. The fraction of sp³-hybridized carbons (Fsp3) is 0. The first kappa shape index (κ1) is 13.3. The molecule has 20 heavy (non-hydrogen) atoms. The maximum absolute atomic E-state index is 11.2. The first-order valence-corrected chi connectivity index (χ1v) is 7.13. The summed E-state index contributed by atoms with van der Waals surface area (Å²) in [7, 11) is 0. The number of oxazole rings is 1. The Kier molecular flexibility index (Phi) is 3.35. The van der Waals surface area contributed by atoms with Crippen molar-refractivity contribution in [3.63, 3.8) is 0 Å². The molecule has 5 nitrogen and oxygen atoms in total. The SMILES string of the molecule is Nc1cc2oc(=O)[nH]c2cc1Nc1ccc(I)cc1Cl. The van der Waals surface area contributed by atoms with Crippen LogP contribution in [0.4, 0.5) is 17.1 Å². The molecule has 0 aliphatic heterocycles. The summed E-state index contributed by atoms with van der Waals surface area (Å²) in [6, 6.07) is 8.95. The summed E-state index contributed by atoms with van der Waals surface area (Å²) in [4.78, 5) is 13.7. The number of aromatic amines is 1. The summed E-state index contributed by atoms with van der Waals surface area (Å²) in [5.41, 5.74) is 8.80. The van der Waals surface area contributed by atoms with Crippen LogP contribution in [0.25, 0.3) is 11.1 Å². The van der Waals surface area contributed by atoms with Gasteiger partial charge in [0.05, 0.1) is 27.6 Å². The molecule has 0 aliphatic carbocycles. The highest BCUT2D eigenvalue weighted by molar-refractivity contribution is 14.1. The van der Waals surface area contributed by atoms with Crippen molar-refractivity contribution in [2.45, 2.75) is 0 Å². The topological polar surface area (TPSA) is 84.0 Å². The maximum Gasteiger partial charge on any atom is 0.417 e. The number of hydrogen-bond donors (Lipinski definition) is 3. The predicted molar refractivity (Wildman–Crippen MR) is 88.7 cm³/mol. The Morgan fingerprint density at radius 1 is 1.25 bits per heavy atom. The van der Waals surface area contributed by atoms with Crippen molar-refractivity contribution >= 4 is 62.4 Å². The van der Waals surface area contributed by atoms with Gasteiger partial charge in [0.1, 0.15) is 0 Å². The van der Waals surface area contributed by atoms with Crippen molar-refractivity contribution < 1.29 is 4.42 Å². The van der Waals surface area contributed by atoms with Crippen LogP contribution in [0.15, 0.2) is 39.5 Å². The minimum absolute atomic E-state index is 0.423. The van der Waals surface area contributed by atoms with Gasteiger partial charge in [-0.2, -0.15) is 0 Å². The van der Waals surface area contributed by atoms with Gasteiger partial charge in [-0.15, -0.1) is 0 Å². The van der Waals surface area contributed by atoms with Crippen LogP contribution in [0.5, 0.6) is 0 Å².